The molecule has 0 aliphatic heterocycles. The van der Waals surface area contributed by atoms with Gasteiger partial charge in [-0.15, -0.1) is 0 Å². The number of benzene rings is 12. The van der Waals surface area contributed by atoms with Crippen LogP contribution in [0.3, 0.4) is 0 Å². The molecule has 77 heavy (non-hydrogen) atoms. The van der Waals surface area contributed by atoms with Gasteiger partial charge in [0.2, 0.25) is 0 Å². The average Bonchev–Trinajstić information content (AvgIpc) is 4.47. The smallest absolute Gasteiger partial charge is 0.180 e. The van der Waals surface area contributed by atoms with Gasteiger partial charge in [-0.3, -0.25) is 0 Å². The Bertz CT molecular complexity index is 4890. The quantitative estimate of drug-likeness (QED) is 0.110. The summed E-state index contributed by atoms with van der Waals surface area (Å²) in [6, 6.07) is 106. The lowest BCUT2D eigenvalue weighted by Crippen LogP contribution is -2.74. The molecule has 5 heteroatoms. The zero-order chi connectivity index (χ0) is 50.6. The van der Waals surface area contributed by atoms with Crippen molar-refractivity contribution in [1.82, 2.24) is 13.7 Å². The molecule has 360 valence electrons. The minimum Gasteiger partial charge on any atom is -0.456 e. The lowest BCUT2D eigenvalue weighted by atomic mass is 10.0. The van der Waals surface area contributed by atoms with Crippen molar-refractivity contribution in [3.63, 3.8) is 0 Å². The summed E-state index contributed by atoms with van der Waals surface area (Å²) in [5.74, 6) is 0. The number of furan rings is 1. The van der Waals surface area contributed by atoms with Gasteiger partial charge in [0, 0.05) is 49.1 Å². The highest BCUT2D eigenvalue weighted by Crippen LogP contribution is 2.42. The summed E-state index contributed by atoms with van der Waals surface area (Å²) in [6.07, 6.45) is 0. The van der Waals surface area contributed by atoms with Crippen molar-refractivity contribution in [2.24, 2.45) is 0 Å². The van der Waals surface area contributed by atoms with Crippen molar-refractivity contribution in [3.8, 4) is 28.2 Å². The third-order valence-corrected chi connectivity index (χ3v) is 21.2. The fraction of sp³-hybridized carbons (Fsp3) is 0. The highest BCUT2D eigenvalue weighted by Gasteiger charge is 2.43. The summed E-state index contributed by atoms with van der Waals surface area (Å²) < 4.78 is 14.0. The number of nitrogens with zero attached hydrogens (tertiary/aromatic N) is 3. The van der Waals surface area contributed by atoms with Crippen LogP contribution in [0.15, 0.2) is 290 Å². The van der Waals surface area contributed by atoms with Gasteiger partial charge in [-0.2, -0.15) is 0 Å². The van der Waals surface area contributed by atoms with Crippen LogP contribution in [0.5, 0.6) is 0 Å². The van der Waals surface area contributed by atoms with Crippen LogP contribution in [-0.2, 0) is 0 Å². The third-order valence-electron chi connectivity index (χ3n) is 16.4. The van der Waals surface area contributed by atoms with Gasteiger partial charge in [0.05, 0.1) is 44.2 Å². The van der Waals surface area contributed by atoms with E-state index >= 15 is 0 Å². The van der Waals surface area contributed by atoms with Crippen molar-refractivity contribution in [1.29, 1.82) is 0 Å². The normalized spacial score (nSPS) is 12.2. The summed E-state index contributed by atoms with van der Waals surface area (Å²) >= 11 is 0. The average molecular weight is 998 g/mol. The second-order valence-electron chi connectivity index (χ2n) is 20.3. The number of fused-ring (bicyclic) bond motifs is 12. The second-order valence-corrected chi connectivity index (χ2v) is 24.1. The zero-order valence-electron chi connectivity index (χ0n) is 41.9. The molecule has 0 aliphatic rings. The molecule has 0 atom stereocenters. The lowest BCUT2D eigenvalue weighted by Gasteiger charge is -2.35. The van der Waals surface area contributed by atoms with E-state index < -0.39 is 8.07 Å². The van der Waals surface area contributed by atoms with Crippen molar-refractivity contribution in [2.45, 2.75) is 0 Å². The SMILES string of the molecule is c1ccc(-c2ccc3oc4cccc(-n5c6ccccc6c6cc(-n7c8ccccc8c8c([Si](c9ccccc9)(c9ccccc9)c9cccc(-n%10c%11ccccc%11c%11ccccc%11%10)c9)cccc87)ccc65)c4c3c2)cc1. The monoisotopic (exact) mass is 997 g/mol. The molecule has 0 radical (unpaired) electrons. The van der Waals surface area contributed by atoms with Crippen molar-refractivity contribution < 1.29 is 4.42 Å². The zero-order valence-corrected chi connectivity index (χ0v) is 42.9. The first-order valence-electron chi connectivity index (χ1n) is 26.5. The first-order valence-corrected chi connectivity index (χ1v) is 28.5. The molecule has 12 aromatic carbocycles. The summed E-state index contributed by atoms with van der Waals surface area (Å²) in [5.41, 5.74) is 14.5. The third kappa shape index (κ3) is 6.38. The van der Waals surface area contributed by atoms with Crippen LogP contribution < -0.4 is 20.7 Å². The van der Waals surface area contributed by atoms with Gasteiger partial charge in [-0.25, -0.2) is 0 Å². The Kier molecular flexibility index (Phi) is 9.62. The number of rotatable bonds is 8. The fourth-order valence-electron chi connectivity index (χ4n) is 13.2. The van der Waals surface area contributed by atoms with E-state index in [0.717, 1.165) is 55.6 Å². The van der Waals surface area contributed by atoms with Crippen molar-refractivity contribution in [2.75, 3.05) is 0 Å². The standard InChI is InChI=1S/C72H47N3OSi/c1-4-21-48(22-5-1)49-41-44-68-60(45-49)71-66(37-19-39-69(71)76-68)75-63-35-16-12-31-57(63)59-47-51(42-43-65(59)75)74-64-36-17-13-32-58(64)72-67(74)38-20-40-70(72)77(52-24-6-2-7-25-52,53-26-8-3-9-27-53)54-28-18-23-50(46-54)73-61-33-14-10-29-55(61)56-30-11-15-34-62(56)73/h1-47H. The summed E-state index contributed by atoms with van der Waals surface area (Å²) in [6.45, 7) is 0. The fourth-order valence-corrected chi connectivity index (χ4v) is 18.2. The molecular formula is C72H47N3OSi. The van der Waals surface area contributed by atoms with Crippen LogP contribution in [0.2, 0.25) is 0 Å². The predicted molar refractivity (Wildman–Crippen MR) is 326 cm³/mol. The Hall–Kier alpha value is -9.94. The highest BCUT2D eigenvalue weighted by molar-refractivity contribution is 7.20. The molecular weight excluding hydrogens is 951 g/mol. The van der Waals surface area contributed by atoms with Crippen molar-refractivity contribution >= 4 is 116 Å². The van der Waals surface area contributed by atoms with Crippen LogP contribution in [0.4, 0.5) is 0 Å². The molecule has 0 fully saturated rings. The molecule has 4 heterocycles. The molecule has 0 unspecified atom stereocenters. The van der Waals surface area contributed by atoms with E-state index in [0.29, 0.717) is 0 Å². The van der Waals surface area contributed by atoms with Gasteiger partial charge in [0.15, 0.2) is 8.07 Å². The summed E-state index contributed by atoms with van der Waals surface area (Å²) in [4.78, 5) is 0. The first-order chi connectivity index (χ1) is 38.2. The van der Waals surface area contributed by atoms with Crippen LogP contribution in [0.25, 0.3) is 116 Å². The maximum absolute atomic E-state index is 6.61. The molecule has 4 nitrogen and oxygen atoms in total. The minimum absolute atomic E-state index is 0.871. The van der Waals surface area contributed by atoms with Crippen molar-refractivity contribution in [3.05, 3.63) is 285 Å². The highest BCUT2D eigenvalue weighted by atomic mass is 28.3. The maximum atomic E-state index is 6.61. The molecule has 4 aromatic heterocycles. The van der Waals surface area contributed by atoms with E-state index in [1.807, 2.05) is 0 Å². The van der Waals surface area contributed by atoms with Crippen LogP contribution in [0.1, 0.15) is 0 Å². The Morgan fingerprint density at radius 1 is 0.260 bits per heavy atom. The van der Waals surface area contributed by atoms with Gasteiger partial charge in [0.1, 0.15) is 11.2 Å². The lowest BCUT2D eigenvalue weighted by molar-refractivity contribution is 0.669. The Morgan fingerprint density at radius 2 is 0.766 bits per heavy atom. The molecule has 0 N–H and O–H groups in total. The van der Waals surface area contributed by atoms with E-state index in [-0.39, 0.29) is 0 Å². The van der Waals surface area contributed by atoms with Gasteiger partial charge in [-0.1, -0.05) is 200 Å². The first kappa shape index (κ1) is 43.5. The minimum atomic E-state index is -3.16. The Balaban J connectivity index is 0.944. The largest absolute Gasteiger partial charge is 0.456 e. The molecule has 16 rings (SSSR count). The van der Waals surface area contributed by atoms with Crippen LogP contribution >= 0.6 is 0 Å². The van der Waals surface area contributed by atoms with Crippen LogP contribution in [-0.4, -0.2) is 21.8 Å². The number of para-hydroxylation sites is 4. The van der Waals surface area contributed by atoms with Gasteiger partial charge in [-0.05, 0) is 117 Å². The molecule has 0 spiro atoms. The molecule has 0 bridgehead atoms. The van der Waals surface area contributed by atoms with E-state index in [1.54, 1.807) is 0 Å². The van der Waals surface area contributed by atoms with E-state index in [4.69, 9.17) is 4.42 Å². The topological polar surface area (TPSA) is 27.9 Å². The van der Waals surface area contributed by atoms with Gasteiger partial charge in [0.25, 0.3) is 0 Å². The number of aromatic nitrogens is 3. The molecule has 0 aliphatic carbocycles. The van der Waals surface area contributed by atoms with E-state index in [2.05, 4.69) is 299 Å². The number of hydrogen-bond donors (Lipinski definition) is 0. The van der Waals surface area contributed by atoms with Gasteiger partial charge < -0.3 is 18.1 Å². The van der Waals surface area contributed by atoms with Crippen LogP contribution in [0, 0.1) is 0 Å². The predicted octanol–water partition coefficient (Wildman–Crippen LogP) is 15.9. The summed E-state index contributed by atoms with van der Waals surface area (Å²) in [5, 5.41) is 15.0. The Labute approximate surface area is 445 Å². The second kappa shape index (κ2) is 17.0. The Morgan fingerprint density at radius 3 is 1.45 bits per heavy atom. The number of hydrogen-bond acceptors (Lipinski definition) is 1. The molecule has 0 saturated heterocycles. The molecule has 16 aromatic rings. The molecule has 0 amide bonds. The summed E-state index contributed by atoms with van der Waals surface area (Å²) in [7, 11) is -3.16. The maximum Gasteiger partial charge on any atom is 0.180 e. The van der Waals surface area contributed by atoms with Gasteiger partial charge >= 0.3 is 0 Å². The van der Waals surface area contributed by atoms with E-state index in [1.165, 1.54) is 80.7 Å². The molecule has 0 saturated carbocycles. The van der Waals surface area contributed by atoms with E-state index in [9.17, 15) is 0 Å².